The molecule has 2 rings (SSSR count). The maximum atomic E-state index is 6.34. The van der Waals surface area contributed by atoms with E-state index in [1.165, 1.54) is 11.1 Å². The van der Waals surface area contributed by atoms with Crippen LogP contribution in [0, 0.1) is 12.8 Å². The molecule has 2 nitrogen and oxygen atoms in total. The number of morpholine rings is 1. The standard InChI is InChI=1S/C15H23NO/c1-11(2)15(4)10-16-9-14(17-15)13-8-6-5-7-12(13)3/h5-8,11,14,16H,9-10H2,1-4H3. The molecule has 2 heteroatoms. The molecule has 1 aromatic carbocycles. The monoisotopic (exact) mass is 233 g/mol. The number of hydrogen-bond donors (Lipinski definition) is 1. The smallest absolute Gasteiger partial charge is 0.0959 e. The third-order valence-corrected chi connectivity index (χ3v) is 3.97. The van der Waals surface area contributed by atoms with Gasteiger partial charge in [0.1, 0.15) is 0 Å². The quantitative estimate of drug-likeness (QED) is 0.847. The summed E-state index contributed by atoms with van der Waals surface area (Å²) < 4.78 is 6.34. The molecule has 1 saturated heterocycles. The van der Waals surface area contributed by atoms with Crippen molar-refractivity contribution in [1.82, 2.24) is 5.32 Å². The van der Waals surface area contributed by atoms with E-state index >= 15 is 0 Å². The Balaban J connectivity index is 2.21. The van der Waals surface area contributed by atoms with Gasteiger partial charge in [0.05, 0.1) is 11.7 Å². The zero-order chi connectivity index (χ0) is 12.5. The lowest BCUT2D eigenvalue weighted by molar-refractivity contribution is -0.132. The summed E-state index contributed by atoms with van der Waals surface area (Å²) in [7, 11) is 0. The largest absolute Gasteiger partial charge is 0.364 e. The van der Waals surface area contributed by atoms with Gasteiger partial charge in [-0.1, -0.05) is 38.1 Å². The molecule has 2 atom stereocenters. The maximum absolute atomic E-state index is 6.34. The molecule has 0 spiro atoms. The van der Waals surface area contributed by atoms with Crippen molar-refractivity contribution < 1.29 is 4.74 Å². The molecule has 1 aliphatic rings. The van der Waals surface area contributed by atoms with E-state index in [0.717, 1.165) is 13.1 Å². The Labute approximate surface area is 104 Å². The Morgan fingerprint density at radius 3 is 2.71 bits per heavy atom. The molecule has 0 radical (unpaired) electrons. The van der Waals surface area contributed by atoms with Crippen molar-refractivity contribution in [3.63, 3.8) is 0 Å². The van der Waals surface area contributed by atoms with E-state index < -0.39 is 0 Å². The van der Waals surface area contributed by atoms with Crippen LogP contribution in [0.2, 0.25) is 0 Å². The highest BCUT2D eigenvalue weighted by Crippen LogP contribution is 2.33. The van der Waals surface area contributed by atoms with Gasteiger partial charge in [-0.15, -0.1) is 0 Å². The second-order valence-electron chi connectivity index (χ2n) is 5.56. The molecule has 1 aliphatic heterocycles. The molecule has 0 saturated carbocycles. The van der Waals surface area contributed by atoms with Crippen molar-refractivity contribution in [2.24, 2.45) is 5.92 Å². The zero-order valence-electron chi connectivity index (χ0n) is 11.3. The fraction of sp³-hybridized carbons (Fsp3) is 0.600. The van der Waals surface area contributed by atoms with Gasteiger partial charge in [-0.2, -0.15) is 0 Å². The number of hydrogen-bond acceptors (Lipinski definition) is 2. The first kappa shape index (κ1) is 12.6. The van der Waals surface area contributed by atoms with Crippen LogP contribution in [-0.4, -0.2) is 18.7 Å². The Morgan fingerprint density at radius 2 is 2.06 bits per heavy atom. The molecule has 2 unspecified atom stereocenters. The highest BCUT2D eigenvalue weighted by Gasteiger charge is 2.36. The minimum absolute atomic E-state index is 0.0643. The summed E-state index contributed by atoms with van der Waals surface area (Å²) in [4.78, 5) is 0. The molecular weight excluding hydrogens is 210 g/mol. The van der Waals surface area contributed by atoms with Gasteiger partial charge < -0.3 is 10.1 Å². The van der Waals surface area contributed by atoms with Crippen LogP contribution < -0.4 is 5.32 Å². The first-order chi connectivity index (χ1) is 8.03. The summed E-state index contributed by atoms with van der Waals surface area (Å²) in [5, 5.41) is 3.51. The van der Waals surface area contributed by atoms with Gasteiger partial charge >= 0.3 is 0 Å². The Kier molecular flexibility index (Phi) is 3.55. The molecule has 1 aromatic rings. The Morgan fingerprint density at radius 1 is 1.35 bits per heavy atom. The summed E-state index contributed by atoms with van der Waals surface area (Å²) in [6.45, 7) is 10.7. The van der Waals surface area contributed by atoms with Crippen molar-refractivity contribution in [3.8, 4) is 0 Å². The molecule has 1 N–H and O–H groups in total. The van der Waals surface area contributed by atoms with Crippen LogP contribution in [0.4, 0.5) is 0 Å². The van der Waals surface area contributed by atoms with E-state index in [2.05, 4.69) is 57.3 Å². The molecule has 0 aromatic heterocycles. The first-order valence-electron chi connectivity index (χ1n) is 6.47. The van der Waals surface area contributed by atoms with E-state index in [1.54, 1.807) is 0 Å². The molecule has 0 aliphatic carbocycles. The average Bonchev–Trinajstić information content (AvgIpc) is 2.29. The third kappa shape index (κ3) is 2.53. The van der Waals surface area contributed by atoms with Gasteiger partial charge in [0.15, 0.2) is 0 Å². The summed E-state index contributed by atoms with van der Waals surface area (Å²) in [5.41, 5.74) is 2.56. The molecule has 1 heterocycles. The van der Waals surface area contributed by atoms with Gasteiger partial charge in [0, 0.05) is 13.1 Å². The number of rotatable bonds is 2. The fourth-order valence-electron chi connectivity index (χ4n) is 2.32. The summed E-state index contributed by atoms with van der Waals surface area (Å²) >= 11 is 0. The number of ether oxygens (including phenoxy) is 1. The van der Waals surface area contributed by atoms with E-state index in [9.17, 15) is 0 Å². The lowest BCUT2D eigenvalue weighted by Gasteiger charge is -2.42. The van der Waals surface area contributed by atoms with Crippen LogP contribution in [0.3, 0.4) is 0 Å². The van der Waals surface area contributed by atoms with Crippen molar-refractivity contribution in [3.05, 3.63) is 35.4 Å². The van der Waals surface area contributed by atoms with Crippen LogP contribution in [0.5, 0.6) is 0 Å². The minimum Gasteiger partial charge on any atom is -0.364 e. The van der Waals surface area contributed by atoms with Gasteiger partial charge in [-0.3, -0.25) is 0 Å². The number of benzene rings is 1. The van der Waals surface area contributed by atoms with Crippen LogP contribution in [0.1, 0.15) is 38.0 Å². The molecule has 0 amide bonds. The second-order valence-corrected chi connectivity index (χ2v) is 5.56. The van der Waals surface area contributed by atoms with Crippen LogP contribution in [-0.2, 0) is 4.74 Å². The van der Waals surface area contributed by atoms with Crippen molar-refractivity contribution in [2.45, 2.75) is 39.4 Å². The van der Waals surface area contributed by atoms with Gasteiger partial charge in [0.2, 0.25) is 0 Å². The van der Waals surface area contributed by atoms with Crippen molar-refractivity contribution >= 4 is 0 Å². The Bertz CT molecular complexity index is 388. The van der Waals surface area contributed by atoms with Crippen LogP contribution in [0.15, 0.2) is 24.3 Å². The first-order valence-corrected chi connectivity index (χ1v) is 6.47. The highest BCUT2D eigenvalue weighted by molar-refractivity contribution is 5.28. The average molecular weight is 233 g/mol. The Hall–Kier alpha value is -0.860. The van der Waals surface area contributed by atoms with Crippen molar-refractivity contribution in [1.29, 1.82) is 0 Å². The molecule has 0 bridgehead atoms. The minimum atomic E-state index is -0.0643. The molecule has 17 heavy (non-hydrogen) atoms. The molecule has 94 valence electrons. The molecule has 1 fully saturated rings. The normalized spacial score (nSPS) is 29.6. The summed E-state index contributed by atoms with van der Waals surface area (Å²) in [5.74, 6) is 0.516. The second kappa shape index (κ2) is 4.79. The predicted molar refractivity (Wildman–Crippen MR) is 71.1 cm³/mol. The van der Waals surface area contributed by atoms with E-state index in [0.29, 0.717) is 5.92 Å². The topological polar surface area (TPSA) is 21.3 Å². The number of aryl methyl sites for hydroxylation is 1. The van der Waals surface area contributed by atoms with Crippen LogP contribution in [0.25, 0.3) is 0 Å². The fourth-order valence-corrected chi connectivity index (χ4v) is 2.32. The summed E-state index contributed by atoms with van der Waals surface area (Å²) in [6, 6.07) is 8.50. The van der Waals surface area contributed by atoms with Gasteiger partial charge in [-0.25, -0.2) is 0 Å². The van der Waals surface area contributed by atoms with Gasteiger partial charge in [-0.05, 0) is 30.9 Å². The predicted octanol–water partition coefficient (Wildman–Crippen LogP) is 3.07. The summed E-state index contributed by atoms with van der Waals surface area (Å²) in [6.07, 6.45) is 0.178. The lowest BCUT2D eigenvalue weighted by atomic mass is 9.89. The van der Waals surface area contributed by atoms with E-state index in [4.69, 9.17) is 4.74 Å². The SMILES string of the molecule is Cc1ccccc1C1CNCC(C)(C(C)C)O1. The molecular formula is C15H23NO. The van der Waals surface area contributed by atoms with Crippen molar-refractivity contribution in [2.75, 3.05) is 13.1 Å². The zero-order valence-corrected chi connectivity index (χ0v) is 11.3. The number of nitrogens with one attached hydrogen (secondary N) is 1. The maximum Gasteiger partial charge on any atom is 0.0959 e. The lowest BCUT2D eigenvalue weighted by Crippen LogP contribution is -2.52. The van der Waals surface area contributed by atoms with Gasteiger partial charge in [0.25, 0.3) is 0 Å². The highest BCUT2D eigenvalue weighted by atomic mass is 16.5. The van der Waals surface area contributed by atoms with Crippen LogP contribution >= 0.6 is 0 Å². The van der Waals surface area contributed by atoms with E-state index in [1.807, 2.05) is 0 Å². The third-order valence-electron chi connectivity index (χ3n) is 3.97. The van der Waals surface area contributed by atoms with E-state index in [-0.39, 0.29) is 11.7 Å².